The Morgan fingerprint density at radius 3 is 2.69 bits per heavy atom. The van der Waals surface area contributed by atoms with Crippen LogP contribution in [0.2, 0.25) is 0 Å². The first-order valence-electron chi connectivity index (χ1n) is 4.62. The first kappa shape index (κ1) is 10.1. The molecule has 0 atom stereocenters. The van der Waals surface area contributed by atoms with Crippen LogP contribution in [0.3, 0.4) is 0 Å². The summed E-state index contributed by atoms with van der Waals surface area (Å²) in [6.45, 7) is 4.37. The van der Waals surface area contributed by atoms with Gasteiger partial charge >= 0.3 is 0 Å². The zero-order valence-electron chi connectivity index (χ0n) is 7.94. The number of oxime groups is 1. The van der Waals surface area contributed by atoms with Gasteiger partial charge in [-0.05, 0) is 19.8 Å². The lowest BCUT2D eigenvalue weighted by Gasteiger charge is -2.31. The van der Waals surface area contributed by atoms with Crippen molar-refractivity contribution in [2.24, 2.45) is 10.9 Å². The van der Waals surface area contributed by atoms with Gasteiger partial charge in [0.1, 0.15) is 0 Å². The molecule has 0 unspecified atom stereocenters. The number of rotatable bonds is 2. The standard InChI is InChI=1S/C8H17N3O2/c1-2-13-7-3-5-11(6-4-7)8(9)10-12/h7,12H,2-6H2,1H3,(H2,9,10). The summed E-state index contributed by atoms with van der Waals surface area (Å²) < 4.78 is 5.47. The summed E-state index contributed by atoms with van der Waals surface area (Å²) in [4.78, 5) is 1.86. The molecular formula is C8H17N3O2. The van der Waals surface area contributed by atoms with Crippen molar-refractivity contribution in [2.75, 3.05) is 19.7 Å². The number of nitrogens with two attached hydrogens (primary N) is 1. The van der Waals surface area contributed by atoms with Crippen molar-refractivity contribution in [3.63, 3.8) is 0 Å². The van der Waals surface area contributed by atoms with E-state index in [0.717, 1.165) is 32.5 Å². The number of guanidine groups is 1. The quantitative estimate of drug-likeness (QED) is 0.280. The van der Waals surface area contributed by atoms with Crippen molar-refractivity contribution in [2.45, 2.75) is 25.9 Å². The van der Waals surface area contributed by atoms with Gasteiger partial charge in [0.15, 0.2) is 0 Å². The smallest absolute Gasteiger partial charge is 0.233 e. The summed E-state index contributed by atoms with van der Waals surface area (Å²) >= 11 is 0. The molecule has 13 heavy (non-hydrogen) atoms. The zero-order valence-corrected chi connectivity index (χ0v) is 7.94. The second-order valence-electron chi connectivity index (χ2n) is 3.10. The van der Waals surface area contributed by atoms with E-state index in [1.54, 1.807) is 0 Å². The van der Waals surface area contributed by atoms with Crippen molar-refractivity contribution in [3.8, 4) is 0 Å². The van der Waals surface area contributed by atoms with Crippen LogP contribution in [0.5, 0.6) is 0 Å². The number of likely N-dealkylation sites (tertiary alicyclic amines) is 1. The number of piperidine rings is 1. The van der Waals surface area contributed by atoms with Gasteiger partial charge in [-0.1, -0.05) is 5.16 Å². The fourth-order valence-electron chi connectivity index (χ4n) is 1.55. The minimum atomic E-state index is 0.204. The predicted molar refractivity (Wildman–Crippen MR) is 49.6 cm³/mol. The van der Waals surface area contributed by atoms with Crippen LogP contribution in [0.1, 0.15) is 19.8 Å². The highest BCUT2D eigenvalue weighted by atomic mass is 16.5. The molecule has 1 heterocycles. The molecule has 3 N–H and O–H groups in total. The van der Waals surface area contributed by atoms with Crippen molar-refractivity contribution >= 4 is 5.96 Å². The first-order chi connectivity index (χ1) is 6.27. The van der Waals surface area contributed by atoms with Crippen molar-refractivity contribution in [3.05, 3.63) is 0 Å². The van der Waals surface area contributed by atoms with Gasteiger partial charge in [0.2, 0.25) is 5.96 Å². The van der Waals surface area contributed by atoms with E-state index < -0.39 is 0 Å². The summed E-state index contributed by atoms with van der Waals surface area (Å²) in [6.07, 6.45) is 2.24. The molecule has 0 spiro atoms. The van der Waals surface area contributed by atoms with E-state index in [1.165, 1.54) is 0 Å². The normalized spacial score (nSPS) is 20.7. The summed E-state index contributed by atoms with van der Waals surface area (Å²) in [7, 11) is 0. The van der Waals surface area contributed by atoms with E-state index in [2.05, 4.69) is 5.16 Å². The Morgan fingerprint density at radius 2 is 2.23 bits per heavy atom. The van der Waals surface area contributed by atoms with Crippen LogP contribution in [-0.2, 0) is 4.74 Å². The maximum Gasteiger partial charge on any atom is 0.233 e. The largest absolute Gasteiger partial charge is 0.408 e. The molecule has 1 aliphatic rings. The van der Waals surface area contributed by atoms with E-state index in [1.807, 2.05) is 11.8 Å². The Hall–Kier alpha value is -0.970. The molecule has 1 aliphatic heterocycles. The Bertz CT molecular complexity index is 176. The van der Waals surface area contributed by atoms with E-state index >= 15 is 0 Å². The monoisotopic (exact) mass is 187 g/mol. The number of ether oxygens (including phenoxy) is 1. The number of nitrogens with zero attached hydrogens (tertiary/aromatic N) is 2. The Kier molecular flexibility index (Phi) is 3.82. The summed E-state index contributed by atoms with van der Waals surface area (Å²) in [6, 6.07) is 0. The molecule has 0 aromatic rings. The van der Waals surface area contributed by atoms with Crippen LogP contribution in [0.25, 0.3) is 0 Å². The maximum absolute atomic E-state index is 8.45. The summed E-state index contributed by atoms with van der Waals surface area (Å²) in [5.74, 6) is 0.204. The highest BCUT2D eigenvalue weighted by Crippen LogP contribution is 2.12. The van der Waals surface area contributed by atoms with Crippen molar-refractivity contribution in [1.29, 1.82) is 0 Å². The molecule has 0 radical (unpaired) electrons. The lowest BCUT2D eigenvalue weighted by Crippen LogP contribution is -2.44. The topological polar surface area (TPSA) is 71.1 Å². The lowest BCUT2D eigenvalue weighted by molar-refractivity contribution is 0.0262. The van der Waals surface area contributed by atoms with Crippen LogP contribution >= 0.6 is 0 Å². The molecule has 0 saturated carbocycles. The molecule has 0 bridgehead atoms. The van der Waals surface area contributed by atoms with Crippen LogP contribution in [0.15, 0.2) is 5.16 Å². The van der Waals surface area contributed by atoms with Gasteiger partial charge in [0, 0.05) is 19.7 Å². The second kappa shape index (κ2) is 4.91. The molecule has 76 valence electrons. The van der Waals surface area contributed by atoms with Crippen molar-refractivity contribution < 1.29 is 9.94 Å². The van der Waals surface area contributed by atoms with E-state index in [9.17, 15) is 0 Å². The molecule has 0 amide bonds. The predicted octanol–water partition coefficient (Wildman–Crippen LogP) is 0.191. The van der Waals surface area contributed by atoms with Gasteiger partial charge in [-0.2, -0.15) is 0 Å². The van der Waals surface area contributed by atoms with Gasteiger partial charge in [-0.25, -0.2) is 0 Å². The molecule has 0 aliphatic carbocycles. The first-order valence-corrected chi connectivity index (χ1v) is 4.62. The van der Waals surface area contributed by atoms with Gasteiger partial charge in [0.05, 0.1) is 6.10 Å². The van der Waals surface area contributed by atoms with E-state index in [-0.39, 0.29) is 5.96 Å². The molecular weight excluding hydrogens is 170 g/mol. The third-order valence-electron chi connectivity index (χ3n) is 2.27. The average molecular weight is 187 g/mol. The SMILES string of the molecule is CCOC1CCN(/C(N)=N/O)CC1. The van der Waals surface area contributed by atoms with Crippen LogP contribution < -0.4 is 5.73 Å². The summed E-state index contributed by atoms with van der Waals surface area (Å²) in [5.41, 5.74) is 5.45. The molecule has 0 aromatic heterocycles. The van der Waals surface area contributed by atoms with Crippen LogP contribution in [-0.4, -0.2) is 41.9 Å². The van der Waals surface area contributed by atoms with Gasteiger partial charge in [0.25, 0.3) is 0 Å². The molecule has 5 nitrogen and oxygen atoms in total. The number of hydrogen-bond donors (Lipinski definition) is 2. The Labute approximate surface area is 78.1 Å². The molecule has 0 aromatic carbocycles. The van der Waals surface area contributed by atoms with Crippen LogP contribution in [0, 0.1) is 0 Å². The Balaban J connectivity index is 2.30. The van der Waals surface area contributed by atoms with Crippen molar-refractivity contribution in [1.82, 2.24) is 4.90 Å². The second-order valence-corrected chi connectivity index (χ2v) is 3.10. The molecule has 1 saturated heterocycles. The van der Waals surface area contributed by atoms with Gasteiger partial charge < -0.3 is 20.6 Å². The molecule has 1 fully saturated rings. The van der Waals surface area contributed by atoms with Gasteiger partial charge in [-0.3, -0.25) is 0 Å². The fraction of sp³-hybridized carbons (Fsp3) is 0.875. The third-order valence-corrected chi connectivity index (χ3v) is 2.27. The van der Waals surface area contributed by atoms with Crippen LogP contribution in [0.4, 0.5) is 0 Å². The third kappa shape index (κ3) is 2.77. The highest BCUT2D eigenvalue weighted by Gasteiger charge is 2.20. The van der Waals surface area contributed by atoms with Gasteiger partial charge in [-0.15, -0.1) is 0 Å². The number of hydrogen-bond acceptors (Lipinski definition) is 3. The maximum atomic E-state index is 8.45. The molecule has 5 heteroatoms. The van der Waals surface area contributed by atoms with E-state index in [0.29, 0.717) is 6.10 Å². The highest BCUT2D eigenvalue weighted by molar-refractivity contribution is 5.77. The zero-order chi connectivity index (χ0) is 9.68. The summed E-state index contributed by atoms with van der Waals surface area (Å²) in [5, 5.41) is 11.4. The fourth-order valence-corrected chi connectivity index (χ4v) is 1.55. The minimum Gasteiger partial charge on any atom is -0.408 e. The van der Waals surface area contributed by atoms with E-state index in [4.69, 9.17) is 15.7 Å². The average Bonchev–Trinajstić information content (AvgIpc) is 2.18. The lowest BCUT2D eigenvalue weighted by atomic mass is 10.1. The molecule has 1 rings (SSSR count). The Morgan fingerprint density at radius 1 is 1.62 bits per heavy atom. The minimum absolute atomic E-state index is 0.204.